The smallest absolute Gasteiger partial charge is 0.293 e. The maximum Gasteiger partial charge on any atom is 0.293 e. The third-order valence-corrected chi connectivity index (χ3v) is 13.0. The van der Waals surface area contributed by atoms with Gasteiger partial charge in [-0.15, -0.1) is 0 Å². The SMILES string of the molecule is CCCCC1CCC(C2(CC(C)C3(C4CCC(CCCC)(OC=O)CC4)CCCCC3)CCCCC2)CC1. The second kappa shape index (κ2) is 14.4. The van der Waals surface area contributed by atoms with Gasteiger partial charge in [-0.1, -0.05) is 97.8 Å². The minimum Gasteiger partial charge on any atom is -0.461 e. The minimum atomic E-state index is -0.158. The molecule has 4 aliphatic carbocycles. The highest BCUT2D eigenvalue weighted by atomic mass is 16.5. The molecule has 0 amide bonds. The van der Waals surface area contributed by atoms with Crippen LogP contribution in [0.5, 0.6) is 0 Å². The monoisotopic (exact) mass is 528 g/mol. The maximum absolute atomic E-state index is 11.5. The number of unbranched alkanes of at least 4 members (excludes halogenated alkanes) is 2. The first kappa shape index (κ1) is 30.4. The topological polar surface area (TPSA) is 26.3 Å². The van der Waals surface area contributed by atoms with Gasteiger partial charge in [-0.3, -0.25) is 4.79 Å². The van der Waals surface area contributed by atoms with Crippen molar-refractivity contribution >= 4 is 6.47 Å². The molecule has 0 N–H and O–H groups in total. The van der Waals surface area contributed by atoms with Crippen LogP contribution in [-0.4, -0.2) is 12.1 Å². The van der Waals surface area contributed by atoms with E-state index < -0.39 is 0 Å². The Balaban J connectivity index is 1.47. The Morgan fingerprint density at radius 2 is 1.34 bits per heavy atom. The van der Waals surface area contributed by atoms with E-state index in [2.05, 4.69) is 20.8 Å². The number of rotatable bonds is 13. The first-order chi connectivity index (χ1) is 18.5. The quantitative estimate of drug-likeness (QED) is 0.222. The van der Waals surface area contributed by atoms with Crippen LogP contribution in [0.25, 0.3) is 0 Å². The minimum absolute atomic E-state index is 0.158. The van der Waals surface area contributed by atoms with E-state index in [1.165, 1.54) is 141 Å². The predicted molar refractivity (Wildman–Crippen MR) is 161 cm³/mol. The average molecular weight is 529 g/mol. The second-order valence-corrected chi connectivity index (χ2v) is 15.0. The van der Waals surface area contributed by atoms with Crippen LogP contribution in [0.4, 0.5) is 0 Å². The molecule has 0 spiro atoms. The molecule has 0 bridgehead atoms. The Morgan fingerprint density at radius 3 is 1.92 bits per heavy atom. The molecule has 220 valence electrons. The molecular formula is C36H64O2. The molecule has 4 aliphatic rings. The molecule has 0 aliphatic heterocycles. The summed E-state index contributed by atoms with van der Waals surface area (Å²) in [6.07, 6.45) is 34.9. The Labute approximate surface area is 237 Å². The molecule has 0 saturated heterocycles. The van der Waals surface area contributed by atoms with Crippen LogP contribution in [-0.2, 0) is 9.53 Å². The summed E-state index contributed by atoms with van der Waals surface area (Å²) in [7, 11) is 0. The van der Waals surface area contributed by atoms with Crippen LogP contribution >= 0.6 is 0 Å². The van der Waals surface area contributed by atoms with E-state index in [0.29, 0.717) is 10.8 Å². The molecule has 2 heteroatoms. The van der Waals surface area contributed by atoms with Gasteiger partial charge in [0.15, 0.2) is 0 Å². The second-order valence-electron chi connectivity index (χ2n) is 15.0. The fourth-order valence-electron chi connectivity index (χ4n) is 10.7. The van der Waals surface area contributed by atoms with E-state index in [-0.39, 0.29) is 5.60 Å². The van der Waals surface area contributed by atoms with E-state index in [4.69, 9.17) is 4.74 Å². The largest absolute Gasteiger partial charge is 0.461 e. The zero-order valence-electron chi connectivity index (χ0n) is 25.9. The van der Waals surface area contributed by atoms with Crippen molar-refractivity contribution in [2.45, 2.75) is 187 Å². The lowest BCUT2D eigenvalue weighted by Gasteiger charge is -2.55. The number of hydrogen-bond acceptors (Lipinski definition) is 2. The summed E-state index contributed by atoms with van der Waals surface area (Å²) >= 11 is 0. The Hall–Kier alpha value is -0.530. The molecule has 0 aromatic heterocycles. The molecule has 4 saturated carbocycles. The van der Waals surface area contributed by atoms with Crippen LogP contribution in [0.1, 0.15) is 181 Å². The van der Waals surface area contributed by atoms with Crippen molar-refractivity contribution < 1.29 is 9.53 Å². The fourth-order valence-corrected chi connectivity index (χ4v) is 10.7. The summed E-state index contributed by atoms with van der Waals surface area (Å²) in [4.78, 5) is 11.5. The highest BCUT2D eigenvalue weighted by Crippen LogP contribution is 2.60. The van der Waals surface area contributed by atoms with Crippen molar-refractivity contribution in [2.75, 3.05) is 0 Å². The molecule has 0 radical (unpaired) electrons. The normalized spacial score (nSPS) is 34.3. The van der Waals surface area contributed by atoms with Gasteiger partial charge in [0.2, 0.25) is 0 Å². The highest BCUT2D eigenvalue weighted by Gasteiger charge is 2.51. The summed E-state index contributed by atoms with van der Waals surface area (Å²) in [5, 5.41) is 0. The van der Waals surface area contributed by atoms with Crippen molar-refractivity contribution in [2.24, 2.45) is 34.5 Å². The van der Waals surface area contributed by atoms with Crippen LogP contribution in [0.2, 0.25) is 0 Å². The standard InChI is InChI=1S/C36H64O2/c1-4-6-14-31-15-17-32(18-16-31)34(21-10-8-11-22-34)28-30(3)36(24-12-9-13-25-36)33-19-26-35(27-20-33,38-29-37)23-7-5-2/h29-33H,4-28H2,1-3H3. The summed E-state index contributed by atoms with van der Waals surface area (Å²) < 4.78 is 5.87. The zero-order chi connectivity index (χ0) is 26.9. The van der Waals surface area contributed by atoms with Gasteiger partial charge in [-0.2, -0.15) is 0 Å². The van der Waals surface area contributed by atoms with Crippen molar-refractivity contribution in [1.82, 2.24) is 0 Å². The average Bonchev–Trinajstić information content (AvgIpc) is 2.96. The summed E-state index contributed by atoms with van der Waals surface area (Å²) in [6, 6.07) is 0. The maximum atomic E-state index is 11.5. The van der Waals surface area contributed by atoms with Gasteiger partial charge in [0.25, 0.3) is 6.47 Å². The molecule has 1 unspecified atom stereocenters. The predicted octanol–water partition coefficient (Wildman–Crippen LogP) is 11.2. The Kier molecular flexibility index (Phi) is 11.5. The van der Waals surface area contributed by atoms with Gasteiger partial charge in [0.1, 0.15) is 5.60 Å². The Bertz CT molecular complexity index is 669. The van der Waals surface area contributed by atoms with Gasteiger partial charge in [-0.25, -0.2) is 0 Å². The van der Waals surface area contributed by atoms with Crippen molar-refractivity contribution in [3.8, 4) is 0 Å². The van der Waals surface area contributed by atoms with Crippen LogP contribution in [0.3, 0.4) is 0 Å². The lowest BCUT2D eigenvalue weighted by molar-refractivity contribution is -0.152. The molecule has 2 nitrogen and oxygen atoms in total. The molecule has 4 fully saturated rings. The van der Waals surface area contributed by atoms with E-state index in [0.717, 1.165) is 49.4 Å². The van der Waals surface area contributed by atoms with Crippen molar-refractivity contribution in [3.63, 3.8) is 0 Å². The molecular weight excluding hydrogens is 464 g/mol. The molecule has 0 aromatic rings. The number of hydrogen-bond donors (Lipinski definition) is 0. The summed E-state index contributed by atoms with van der Waals surface area (Å²) in [5.41, 5.74) is 1.02. The first-order valence-electron chi connectivity index (χ1n) is 17.6. The number of carbonyl (C=O) groups excluding carboxylic acids is 1. The highest BCUT2D eigenvalue weighted by molar-refractivity contribution is 5.38. The van der Waals surface area contributed by atoms with E-state index >= 15 is 0 Å². The van der Waals surface area contributed by atoms with E-state index in [9.17, 15) is 4.79 Å². The van der Waals surface area contributed by atoms with Gasteiger partial charge < -0.3 is 4.74 Å². The lowest BCUT2D eigenvalue weighted by Crippen LogP contribution is -2.47. The van der Waals surface area contributed by atoms with Crippen molar-refractivity contribution in [3.05, 3.63) is 0 Å². The molecule has 38 heavy (non-hydrogen) atoms. The molecule has 4 rings (SSSR count). The fraction of sp³-hybridized carbons (Fsp3) is 0.972. The lowest BCUT2D eigenvalue weighted by atomic mass is 9.50. The van der Waals surface area contributed by atoms with E-state index in [1.54, 1.807) is 0 Å². The summed E-state index contributed by atoms with van der Waals surface area (Å²) in [6.45, 7) is 8.10. The number of ether oxygens (including phenoxy) is 1. The van der Waals surface area contributed by atoms with Crippen LogP contribution < -0.4 is 0 Å². The molecule has 1 atom stereocenters. The van der Waals surface area contributed by atoms with Crippen LogP contribution in [0.15, 0.2) is 0 Å². The zero-order valence-corrected chi connectivity index (χ0v) is 25.9. The van der Waals surface area contributed by atoms with Crippen molar-refractivity contribution in [1.29, 1.82) is 0 Å². The third-order valence-electron chi connectivity index (χ3n) is 13.0. The molecule has 0 heterocycles. The van der Waals surface area contributed by atoms with Crippen LogP contribution in [0, 0.1) is 34.5 Å². The van der Waals surface area contributed by atoms with Gasteiger partial charge in [0.05, 0.1) is 0 Å². The first-order valence-corrected chi connectivity index (χ1v) is 17.6. The van der Waals surface area contributed by atoms with Gasteiger partial charge in [-0.05, 0) is 118 Å². The van der Waals surface area contributed by atoms with Gasteiger partial charge >= 0.3 is 0 Å². The molecule has 0 aromatic carbocycles. The number of carbonyl (C=O) groups is 1. The summed E-state index contributed by atoms with van der Waals surface area (Å²) in [5.74, 6) is 3.71. The third kappa shape index (κ3) is 7.02. The van der Waals surface area contributed by atoms with E-state index in [1.807, 2.05) is 0 Å². The Morgan fingerprint density at radius 1 is 0.737 bits per heavy atom. The van der Waals surface area contributed by atoms with Gasteiger partial charge in [0, 0.05) is 0 Å².